The number of aliphatic carboxylic acids is 1. The number of carbonyl (C=O) groups excluding carboxylic acids is 1. The lowest BCUT2D eigenvalue weighted by molar-refractivity contribution is -0.167. The number of rotatable bonds is 3. The summed E-state index contributed by atoms with van der Waals surface area (Å²) in [5.41, 5.74) is -3.11. The fourth-order valence-electron chi connectivity index (χ4n) is 2.08. The molecule has 1 aliphatic rings. The molecule has 1 heterocycles. The first-order valence-electron chi connectivity index (χ1n) is 6.18. The number of carboxylic acids is 1. The zero-order valence-corrected chi connectivity index (χ0v) is 11.8. The molecule has 1 saturated heterocycles. The molecule has 0 radical (unpaired) electrons. The van der Waals surface area contributed by atoms with E-state index >= 15 is 0 Å². The maximum absolute atomic E-state index is 13.9. The first-order valence-corrected chi connectivity index (χ1v) is 6.18. The van der Waals surface area contributed by atoms with Crippen LogP contribution in [0.3, 0.4) is 0 Å². The summed E-state index contributed by atoms with van der Waals surface area (Å²) in [5.74, 6) is -5.25. The van der Waals surface area contributed by atoms with Gasteiger partial charge in [0.15, 0.2) is 5.41 Å². The number of nitrogens with zero attached hydrogens (tertiary/aromatic N) is 1. The largest absolute Gasteiger partial charge is 0.481 e. The van der Waals surface area contributed by atoms with Gasteiger partial charge in [-0.25, -0.2) is 13.6 Å². The molecule has 0 aliphatic carbocycles. The Balaban J connectivity index is 2.95. The Kier molecular flexibility index (Phi) is 4.12. The number of halogens is 2. The predicted octanol–water partition coefficient (Wildman–Crippen LogP) is 2.52. The summed E-state index contributed by atoms with van der Waals surface area (Å²) < 4.78 is 32.8. The van der Waals surface area contributed by atoms with Gasteiger partial charge in [-0.3, -0.25) is 4.79 Å². The zero-order valence-electron chi connectivity index (χ0n) is 11.8. The first kappa shape index (κ1) is 16.4. The van der Waals surface area contributed by atoms with E-state index in [9.17, 15) is 18.4 Å². The van der Waals surface area contributed by atoms with Crippen LogP contribution in [0.2, 0.25) is 0 Å². The van der Waals surface area contributed by atoms with Gasteiger partial charge < -0.3 is 14.7 Å². The highest BCUT2D eigenvalue weighted by Crippen LogP contribution is 2.45. The highest BCUT2D eigenvalue weighted by Gasteiger charge is 2.61. The van der Waals surface area contributed by atoms with Crippen molar-refractivity contribution in [3.63, 3.8) is 0 Å². The summed E-state index contributed by atoms with van der Waals surface area (Å²) in [5, 5.41) is 9.16. The van der Waals surface area contributed by atoms with E-state index in [0.717, 1.165) is 4.90 Å². The van der Waals surface area contributed by atoms with Crippen molar-refractivity contribution in [2.24, 2.45) is 5.41 Å². The summed E-state index contributed by atoms with van der Waals surface area (Å²) >= 11 is 0. The Hall–Kier alpha value is -1.66. The van der Waals surface area contributed by atoms with Gasteiger partial charge in [-0.1, -0.05) is 6.58 Å². The van der Waals surface area contributed by atoms with Crippen LogP contribution < -0.4 is 0 Å². The van der Waals surface area contributed by atoms with Crippen molar-refractivity contribution in [2.45, 2.75) is 38.7 Å². The van der Waals surface area contributed by atoms with E-state index in [4.69, 9.17) is 9.84 Å². The molecule has 1 rings (SSSR count). The van der Waals surface area contributed by atoms with Crippen LogP contribution in [-0.4, -0.2) is 46.7 Å². The highest BCUT2D eigenvalue weighted by molar-refractivity contribution is 5.79. The zero-order chi connectivity index (χ0) is 15.8. The standard InChI is InChI=1S/C13H19F2NO4/c1-5-13(14,15)12(9(17)18)6-7-16(8-12)10(19)20-11(2,3)4/h5H,1,6-8H2,2-4H3,(H,17,18). The Morgan fingerprint density at radius 1 is 1.40 bits per heavy atom. The molecule has 20 heavy (non-hydrogen) atoms. The number of ether oxygens (including phenoxy) is 1. The average Bonchev–Trinajstić information content (AvgIpc) is 2.73. The normalized spacial score (nSPS) is 23.6. The number of alkyl halides is 2. The van der Waals surface area contributed by atoms with Gasteiger partial charge in [0.05, 0.1) is 0 Å². The Labute approximate surface area is 116 Å². The number of amides is 1. The average molecular weight is 291 g/mol. The van der Waals surface area contributed by atoms with Crippen molar-refractivity contribution < 1.29 is 28.2 Å². The molecule has 0 saturated carbocycles. The second-order valence-corrected chi connectivity index (χ2v) is 5.87. The number of allylic oxidation sites excluding steroid dienone is 1. The van der Waals surface area contributed by atoms with Gasteiger partial charge in [-0.15, -0.1) is 0 Å². The topological polar surface area (TPSA) is 66.8 Å². The molecule has 0 spiro atoms. The second kappa shape index (κ2) is 5.03. The maximum Gasteiger partial charge on any atom is 0.410 e. The maximum atomic E-state index is 13.9. The quantitative estimate of drug-likeness (QED) is 0.811. The van der Waals surface area contributed by atoms with Crippen LogP contribution >= 0.6 is 0 Å². The minimum atomic E-state index is -3.60. The van der Waals surface area contributed by atoms with E-state index in [1.807, 2.05) is 0 Å². The van der Waals surface area contributed by atoms with E-state index in [2.05, 4.69) is 6.58 Å². The second-order valence-electron chi connectivity index (χ2n) is 5.87. The fourth-order valence-corrected chi connectivity index (χ4v) is 2.08. The minimum absolute atomic E-state index is 0.0926. The fraction of sp³-hybridized carbons (Fsp3) is 0.692. The summed E-state index contributed by atoms with van der Waals surface area (Å²) in [6, 6.07) is 0. The van der Waals surface area contributed by atoms with Crippen LogP contribution in [0.15, 0.2) is 12.7 Å². The Morgan fingerprint density at radius 2 is 1.95 bits per heavy atom. The Bertz CT molecular complexity index is 431. The van der Waals surface area contributed by atoms with E-state index in [1.54, 1.807) is 20.8 Å². The van der Waals surface area contributed by atoms with Crippen LogP contribution in [0.25, 0.3) is 0 Å². The van der Waals surface area contributed by atoms with Crippen LogP contribution in [0.1, 0.15) is 27.2 Å². The molecule has 0 bridgehead atoms. The van der Waals surface area contributed by atoms with Crippen molar-refractivity contribution in [1.82, 2.24) is 4.90 Å². The van der Waals surface area contributed by atoms with Crippen LogP contribution in [-0.2, 0) is 9.53 Å². The van der Waals surface area contributed by atoms with Gasteiger partial charge in [0.2, 0.25) is 0 Å². The molecule has 1 aliphatic heterocycles. The third kappa shape index (κ3) is 2.91. The summed E-state index contributed by atoms with van der Waals surface area (Å²) in [6.07, 6.45) is -0.819. The third-order valence-electron chi connectivity index (χ3n) is 3.22. The number of likely N-dealkylation sites (tertiary alicyclic amines) is 1. The van der Waals surface area contributed by atoms with Gasteiger partial charge in [-0.05, 0) is 33.3 Å². The van der Waals surface area contributed by atoms with Gasteiger partial charge in [0.1, 0.15) is 5.60 Å². The lowest BCUT2D eigenvalue weighted by atomic mass is 9.80. The van der Waals surface area contributed by atoms with E-state index in [0.29, 0.717) is 6.08 Å². The van der Waals surface area contributed by atoms with Crippen molar-refractivity contribution >= 4 is 12.1 Å². The lowest BCUT2D eigenvalue weighted by Crippen LogP contribution is -2.49. The van der Waals surface area contributed by atoms with Gasteiger partial charge in [0.25, 0.3) is 5.92 Å². The molecule has 0 aromatic carbocycles. The summed E-state index contributed by atoms with van der Waals surface area (Å²) in [6.45, 7) is 7.22. The number of carbonyl (C=O) groups is 2. The molecule has 0 aromatic rings. The molecule has 114 valence electrons. The minimum Gasteiger partial charge on any atom is -0.481 e. The van der Waals surface area contributed by atoms with Crippen LogP contribution in [0.5, 0.6) is 0 Å². The molecular formula is C13H19F2NO4. The lowest BCUT2D eigenvalue weighted by Gasteiger charge is -2.31. The van der Waals surface area contributed by atoms with Gasteiger partial charge in [0, 0.05) is 13.1 Å². The molecule has 0 aromatic heterocycles. The smallest absolute Gasteiger partial charge is 0.410 e. The summed E-state index contributed by atoms with van der Waals surface area (Å²) in [7, 11) is 0. The predicted molar refractivity (Wildman–Crippen MR) is 67.6 cm³/mol. The first-order chi connectivity index (χ1) is 8.95. The van der Waals surface area contributed by atoms with E-state index in [-0.39, 0.29) is 13.0 Å². The molecule has 5 nitrogen and oxygen atoms in total. The van der Waals surface area contributed by atoms with Crippen molar-refractivity contribution in [3.05, 3.63) is 12.7 Å². The number of carboxylic acid groups (broad SMARTS) is 1. The van der Waals surface area contributed by atoms with Crippen LogP contribution in [0.4, 0.5) is 13.6 Å². The molecule has 1 fully saturated rings. The molecule has 7 heteroatoms. The number of hydrogen-bond donors (Lipinski definition) is 1. The molecule has 1 N–H and O–H groups in total. The van der Waals surface area contributed by atoms with Crippen molar-refractivity contribution in [3.8, 4) is 0 Å². The number of hydrogen-bond acceptors (Lipinski definition) is 3. The monoisotopic (exact) mass is 291 g/mol. The highest BCUT2D eigenvalue weighted by atomic mass is 19.3. The molecule has 1 unspecified atom stereocenters. The van der Waals surface area contributed by atoms with Gasteiger partial charge >= 0.3 is 12.1 Å². The van der Waals surface area contributed by atoms with Crippen molar-refractivity contribution in [1.29, 1.82) is 0 Å². The molecular weight excluding hydrogens is 272 g/mol. The Morgan fingerprint density at radius 3 is 2.35 bits per heavy atom. The van der Waals surface area contributed by atoms with Gasteiger partial charge in [-0.2, -0.15) is 0 Å². The van der Waals surface area contributed by atoms with E-state index < -0.39 is 35.5 Å². The molecule has 1 atom stereocenters. The SMILES string of the molecule is C=CC(F)(F)C1(C(=O)O)CCN(C(=O)OC(C)(C)C)C1. The van der Waals surface area contributed by atoms with Crippen molar-refractivity contribution in [2.75, 3.05) is 13.1 Å². The van der Waals surface area contributed by atoms with E-state index in [1.165, 1.54) is 0 Å². The summed E-state index contributed by atoms with van der Waals surface area (Å²) in [4.78, 5) is 24.1. The molecule has 1 amide bonds. The van der Waals surface area contributed by atoms with Crippen LogP contribution in [0, 0.1) is 5.41 Å². The third-order valence-corrected chi connectivity index (χ3v) is 3.22.